The number of aryl methyl sites for hydroxylation is 1. The van der Waals surface area contributed by atoms with Crippen LogP contribution in [0.5, 0.6) is 0 Å². The van der Waals surface area contributed by atoms with Crippen LogP contribution in [0.1, 0.15) is 16.0 Å². The SMILES string of the molecule is Cc1cccc(Cc2c[nH+]c(N)s2)c1. The van der Waals surface area contributed by atoms with E-state index in [-0.39, 0.29) is 0 Å². The van der Waals surface area contributed by atoms with E-state index in [0.717, 1.165) is 11.6 Å². The zero-order chi connectivity index (χ0) is 9.97. The van der Waals surface area contributed by atoms with Gasteiger partial charge in [-0.3, -0.25) is 5.73 Å². The van der Waals surface area contributed by atoms with Gasteiger partial charge in [-0.1, -0.05) is 41.2 Å². The molecule has 0 aliphatic carbocycles. The quantitative estimate of drug-likeness (QED) is 0.800. The van der Waals surface area contributed by atoms with Crippen LogP contribution in [0.2, 0.25) is 0 Å². The molecule has 0 unspecified atom stereocenters. The number of nitrogens with one attached hydrogen (secondary N) is 1. The minimum absolute atomic E-state index is 0.771. The van der Waals surface area contributed by atoms with Crippen molar-refractivity contribution in [3.63, 3.8) is 0 Å². The van der Waals surface area contributed by atoms with Gasteiger partial charge < -0.3 is 0 Å². The van der Waals surface area contributed by atoms with Crippen LogP contribution < -0.4 is 10.7 Å². The van der Waals surface area contributed by atoms with Crippen molar-refractivity contribution >= 4 is 16.5 Å². The Morgan fingerprint density at radius 2 is 2.29 bits per heavy atom. The molecule has 3 heteroatoms. The topological polar surface area (TPSA) is 40.2 Å². The van der Waals surface area contributed by atoms with Gasteiger partial charge in [0, 0.05) is 6.42 Å². The van der Waals surface area contributed by atoms with Crippen LogP contribution >= 0.6 is 11.3 Å². The first-order valence-corrected chi connectivity index (χ1v) is 5.37. The lowest BCUT2D eigenvalue weighted by molar-refractivity contribution is -0.354. The van der Waals surface area contributed by atoms with E-state index >= 15 is 0 Å². The molecule has 0 bridgehead atoms. The monoisotopic (exact) mass is 205 g/mol. The number of benzene rings is 1. The normalized spacial score (nSPS) is 10.4. The molecule has 1 aromatic heterocycles. The number of nitrogens with two attached hydrogens (primary N) is 1. The molecule has 14 heavy (non-hydrogen) atoms. The lowest BCUT2D eigenvalue weighted by atomic mass is 10.1. The van der Waals surface area contributed by atoms with Crippen LogP contribution in [0.4, 0.5) is 5.13 Å². The van der Waals surface area contributed by atoms with Crippen LogP contribution in [0.25, 0.3) is 0 Å². The minimum atomic E-state index is 0.771. The molecule has 2 aromatic rings. The summed E-state index contributed by atoms with van der Waals surface area (Å²) in [6.45, 7) is 2.11. The highest BCUT2D eigenvalue weighted by Crippen LogP contribution is 2.16. The third-order valence-corrected chi connectivity index (χ3v) is 2.94. The summed E-state index contributed by atoms with van der Waals surface area (Å²) in [5.74, 6) is 0. The highest BCUT2D eigenvalue weighted by Gasteiger charge is 2.03. The van der Waals surface area contributed by atoms with Gasteiger partial charge in [-0.2, -0.15) is 0 Å². The van der Waals surface area contributed by atoms with Crippen molar-refractivity contribution in [1.29, 1.82) is 0 Å². The number of hydrogen-bond acceptors (Lipinski definition) is 2. The number of nitrogen functional groups attached to an aromatic ring is 1. The predicted molar refractivity (Wildman–Crippen MR) is 59.3 cm³/mol. The maximum Gasteiger partial charge on any atom is 0.329 e. The first-order valence-electron chi connectivity index (χ1n) is 4.55. The molecule has 0 saturated carbocycles. The average molecular weight is 205 g/mol. The Morgan fingerprint density at radius 3 is 2.93 bits per heavy atom. The number of H-pyrrole nitrogens is 1. The molecule has 2 nitrogen and oxygen atoms in total. The van der Waals surface area contributed by atoms with Crippen LogP contribution in [0.3, 0.4) is 0 Å². The maximum atomic E-state index is 5.63. The molecule has 2 rings (SSSR count). The van der Waals surface area contributed by atoms with E-state index in [9.17, 15) is 0 Å². The Balaban J connectivity index is 2.18. The molecule has 3 N–H and O–H groups in total. The summed E-state index contributed by atoms with van der Waals surface area (Å²) in [6.07, 6.45) is 2.93. The van der Waals surface area contributed by atoms with Crippen LogP contribution in [0.15, 0.2) is 30.5 Å². The number of aromatic nitrogens is 1. The second-order valence-electron chi connectivity index (χ2n) is 3.39. The molecule has 1 aromatic carbocycles. The first-order chi connectivity index (χ1) is 6.74. The fourth-order valence-electron chi connectivity index (χ4n) is 1.46. The fraction of sp³-hybridized carbons (Fsp3) is 0.182. The number of aromatic amines is 1. The van der Waals surface area contributed by atoms with Crippen molar-refractivity contribution < 1.29 is 4.98 Å². The lowest BCUT2D eigenvalue weighted by Gasteiger charge is -1.98. The van der Waals surface area contributed by atoms with Crippen molar-refractivity contribution in [1.82, 2.24) is 0 Å². The molecule has 72 valence electrons. The average Bonchev–Trinajstić information content (AvgIpc) is 2.51. The highest BCUT2D eigenvalue weighted by atomic mass is 32.1. The van der Waals surface area contributed by atoms with Gasteiger partial charge >= 0.3 is 5.13 Å². The number of anilines is 1. The third-order valence-electron chi connectivity index (χ3n) is 2.08. The van der Waals surface area contributed by atoms with Crippen molar-refractivity contribution in [2.75, 3.05) is 5.73 Å². The van der Waals surface area contributed by atoms with E-state index in [2.05, 4.69) is 36.2 Å². The first kappa shape index (κ1) is 9.21. The van der Waals surface area contributed by atoms with Crippen LogP contribution in [-0.2, 0) is 6.42 Å². The van der Waals surface area contributed by atoms with E-state index in [1.807, 2.05) is 6.20 Å². The van der Waals surface area contributed by atoms with E-state index in [1.165, 1.54) is 16.0 Å². The second kappa shape index (κ2) is 3.80. The van der Waals surface area contributed by atoms with E-state index in [0.29, 0.717) is 0 Å². The Labute approximate surface area is 87.4 Å². The smallest absolute Gasteiger partial charge is 0.278 e. The van der Waals surface area contributed by atoms with Gasteiger partial charge in [0.2, 0.25) is 0 Å². The molecule has 0 saturated heterocycles. The highest BCUT2D eigenvalue weighted by molar-refractivity contribution is 7.14. The largest absolute Gasteiger partial charge is 0.329 e. The van der Waals surface area contributed by atoms with Gasteiger partial charge in [0.05, 0.1) is 4.88 Å². The zero-order valence-electron chi connectivity index (χ0n) is 8.08. The van der Waals surface area contributed by atoms with Crippen molar-refractivity contribution in [3.05, 3.63) is 46.5 Å². The van der Waals surface area contributed by atoms with Crippen molar-refractivity contribution in [2.45, 2.75) is 13.3 Å². The van der Waals surface area contributed by atoms with Gasteiger partial charge in [-0.15, -0.1) is 0 Å². The number of thiazole rings is 1. The van der Waals surface area contributed by atoms with Gasteiger partial charge in [-0.05, 0) is 12.5 Å². The molecule has 0 aliphatic rings. The molecular weight excluding hydrogens is 192 g/mol. The zero-order valence-corrected chi connectivity index (χ0v) is 8.90. The Morgan fingerprint density at radius 1 is 1.43 bits per heavy atom. The molecule has 0 amide bonds. The lowest BCUT2D eigenvalue weighted by Crippen LogP contribution is -2.01. The minimum Gasteiger partial charge on any atom is -0.278 e. The molecule has 1 heterocycles. The van der Waals surface area contributed by atoms with Gasteiger partial charge in [0.15, 0.2) is 0 Å². The third kappa shape index (κ3) is 2.12. The second-order valence-corrected chi connectivity index (χ2v) is 4.56. The van der Waals surface area contributed by atoms with E-state index in [4.69, 9.17) is 5.73 Å². The number of hydrogen-bond donors (Lipinski definition) is 1. The summed E-state index contributed by atoms with van der Waals surface area (Å²) in [6, 6.07) is 8.54. The summed E-state index contributed by atoms with van der Waals surface area (Å²) in [4.78, 5) is 4.27. The molecule has 0 atom stereocenters. The van der Waals surface area contributed by atoms with Gasteiger partial charge in [0.1, 0.15) is 6.20 Å². The van der Waals surface area contributed by atoms with E-state index < -0.39 is 0 Å². The Bertz CT molecular complexity index is 434. The van der Waals surface area contributed by atoms with Crippen molar-refractivity contribution in [2.24, 2.45) is 0 Å². The Kier molecular flexibility index (Phi) is 2.50. The summed E-state index contributed by atoms with van der Waals surface area (Å²) in [7, 11) is 0. The summed E-state index contributed by atoms with van der Waals surface area (Å²) in [5, 5.41) is 0.771. The fourth-order valence-corrected chi connectivity index (χ4v) is 2.22. The van der Waals surface area contributed by atoms with Crippen LogP contribution in [0, 0.1) is 6.92 Å². The molecular formula is C11H13N2S+. The molecule has 0 fully saturated rings. The standard InChI is InChI=1S/C11H12N2S/c1-8-3-2-4-9(5-8)6-10-7-13-11(12)14-10/h2-5,7H,6H2,1H3,(H2,12,13)/p+1. The van der Waals surface area contributed by atoms with Gasteiger partial charge in [-0.25, -0.2) is 4.98 Å². The molecule has 0 aliphatic heterocycles. The molecule has 0 spiro atoms. The summed E-state index contributed by atoms with van der Waals surface area (Å²) < 4.78 is 0. The van der Waals surface area contributed by atoms with Crippen LogP contribution in [-0.4, -0.2) is 0 Å². The summed E-state index contributed by atoms with van der Waals surface area (Å²) >= 11 is 1.61. The summed E-state index contributed by atoms with van der Waals surface area (Å²) in [5.41, 5.74) is 8.26. The van der Waals surface area contributed by atoms with Crippen molar-refractivity contribution in [3.8, 4) is 0 Å². The predicted octanol–water partition coefficient (Wildman–Crippen LogP) is 2.04. The maximum absolute atomic E-state index is 5.63. The molecule has 0 radical (unpaired) electrons. The Hall–Kier alpha value is -1.35. The van der Waals surface area contributed by atoms with Gasteiger partial charge in [0.25, 0.3) is 0 Å². The number of rotatable bonds is 2. The van der Waals surface area contributed by atoms with E-state index in [1.54, 1.807) is 11.3 Å².